The van der Waals surface area contributed by atoms with Crippen LogP contribution in [0.4, 0.5) is 0 Å². The monoisotopic (exact) mass is 281 g/mol. The quantitative estimate of drug-likeness (QED) is 0.901. The van der Waals surface area contributed by atoms with E-state index in [1.807, 2.05) is 5.51 Å². The van der Waals surface area contributed by atoms with E-state index < -0.39 is 0 Å². The van der Waals surface area contributed by atoms with Crippen molar-refractivity contribution in [2.24, 2.45) is 11.7 Å². The van der Waals surface area contributed by atoms with E-state index in [1.165, 1.54) is 42.7 Å². The first kappa shape index (κ1) is 14.9. The fraction of sp³-hybridized carbons (Fsp3) is 0.800. The van der Waals surface area contributed by atoms with E-state index in [2.05, 4.69) is 30.8 Å². The number of hydrogen-bond acceptors (Lipinski definition) is 4. The third kappa shape index (κ3) is 3.18. The summed E-state index contributed by atoms with van der Waals surface area (Å²) in [5, 5.41) is 0. The molecule has 1 heterocycles. The number of rotatable bonds is 5. The van der Waals surface area contributed by atoms with E-state index in [1.54, 1.807) is 11.3 Å². The lowest BCUT2D eigenvalue weighted by Gasteiger charge is -2.46. The van der Waals surface area contributed by atoms with Crippen molar-refractivity contribution in [2.45, 2.75) is 58.0 Å². The Kier molecular flexibility index (Phi) is 4.98. The molecule has 0 radical (unpaired) electrons. The molecule has 4 heteroatoms. The minimum atomic E-state index is 0.204. The number of thiazole rings is 1. The zero-order valence-electron chi connectivity index (χ0n) is 12.5. The lowest BCUT2D eigenvalue weighted by molar-refractivity contribution is 0.0510. The Bertz CT molecular complexity index is 404. The number of aryl methyl sites for hydroxylation is 1. The van der Waals surface area contributed by atoms with Crippen molar-refractivity contribution in [2.75, 3.05) is 13.6 Å². The fourth-order valence-corrected chi connectivity index (χ4v) is 4.19. The summed E-state index contributed by atoms with van der Waals surface area (Å²) in [5.74, 6) is 0.849. The molecular formula is C15H27N3S. The maximum absolute atomic E-state index is 6.17. The van der Waals surface area contributed by atoms with Crippen LogP contribution in [0.3, 0.4) is 0 Å². The predicted octanol–water partition coefficient (Wildman–Crippen LogP) is 3.18. The summed E-state index contributed by atoms with van der Waals surface area (Å²) < 4.78 is 0. The van der Waals surface area contributed by atoms with Gasteiger partial charge < -0.3 is 5.73 Å². The molecule has 1 aromatic rings. The minimum Gasteiger partial charge on any atom is -0.329 e. The molecule has 1 saturated carbocycles. The molecule has 2 rings (SSSR count). The van der Waals surface area contributed by atoms with Crippen molar-refractivity contribution in [3.05, 3.63) is 16.1 Å². The number of nitrogens with two attached hydrogens (primary N) is 1. The molecule has 2 atom stereocenters. The van der Waals surface area contributed by atoms with E-state index in [0.717, 1.165) is 19.0 Å². The summed E-state index contributed by atoms with van der Waals surface area (Å²) in [6.07, 6.45) is 6.49. The molecule has 0 spiro atoms. The lowest BCUT2D eigenvalue weighted by Crippen LogP contribution is -2.54. The Morgan fingerprint density at radius 1 is 1.58 bits per heavy atom. The summed E-state index contributed by atoms with van der Waals surface area (Å²) in [4.78, 5) is 8.23. The van der Waals surface area contributed by atoms with Crippen LogP contribution in [-0.4, -0.2) is 29.0 Å². The fourth-order valence-electron chi connectivity index (χ4n) is 3.36. The van der Waals surface area contributed by atoms with Gasteiger partial charge in [0.1, 0.15) is 0 Å². The first-order valence-corrected chi connectivity index (χ1v) is 8.29. The molecule has 0 amide bonds. The highest BCUT2D eigenvalue weighted by Crippen LogP contribution is 2.38. The molecule has 1 aliphatic carbocycles. The summed E-state index contributed by atoms with van der Waals surface area (Å²) in [5.41, 5.74) is 9.49. The van der Waals surface area contributed by atoms with Gasteiger partial charge in [0.15, 0.2) is 0 Å². The SMILES string of the molecule is CCC1CCCC(CN)(N(C)Cc2scnc2C)C1. The Balaban J connectivity index is 2.09. The molecule has 0 saturated heterocycles. The van der Waals surface area contributed by atoms with E-state index in [4.69, 9.17) is 5.73 Å². The van der Waals surface area contributed by atoms with Crippen LogP contribution in [0.1, 0.15) is 49.6 Å². The average molecular weight is 281 g/mol. The van der Waals surface area contributed by atoms with E-state index >= 15 is 0 Å². The molecule has 0 aliphatic heterocycles. The van der Waals surface area contributed by atoms with Crippen LogP contribution in [0.15, 0.2) is 5.51 Å². The van der Waals surface area contributed by atoms with Crippen LogP contribution in [-0.2, 0) is 6.54 Å². The van der Waals surface area contributed by atoms with Gasteiger partial charge >= 0.3 is 0 Å². The zero-order chi connectivity index (χ0) is 13.9. The second-order valence-electron chi connectivity index (χ2n) is 6.02. The number of hydrogen-bond donors (Lipinski definition) is 1. The molecule has 2 unspecified atom stereocenters. The summed E-state index contributed by atoms with van der Waals surface area (Å²) in [6.45, 7) is 6.18. The van der Waals surface area contributed by atoms with Crippen LogP contribution in [0.25, 0.3) is 0 Å². The maximum Gasteiger partial charge on any atom is 0.0798 e. The van der Waals surface area contributed by atoms with E-state index in [9.17, 15) is 0 Å². The van der Waals surface area contributed by atoms with Gasteiger partial charge in [-0.3, -0.25) is 4.90 Å². The second kappa shape index (κ2) is 6.33. The van der Waals surface area contributed by atoms with Gasteiger partial charge in [-0.05, 0) is 32.7 Å². The first-order valence-electron chi connectivity index (χ1n) is 7.41. The second-order valence-corrected chi connectivity index (χ2v) is 6.96. The highest BCUT2D eigenvalue weighted by atomic mass is 32.1. The molecule has 1 aliphatic rings. The highest BCUT2D eigenvalue weighted by molar-refractivity contribution is 7.09. The standard InChI is InChI=1S/C15H27N3S/c1-4-13-6-5-7-15(8-13,10-16)18(3)9-14-12(2)17-11-19-14/h11,13H,4-10,16H2,1-3H3. The van der Waals surface area contributed by atoms with Crippen molar-refractivity contribution >= 4 is 11.3 Å². The molecule has 2 N–H and O–H groups in total. The van der Waals surface area contributed by atoms with Crippen LogP contribution in [0, 0.1) is 12.8 Å². The molecular weight excluding hydrogens is 254 g/mol. The van der Waals surface area contributed by atoms with Crippen LogP contribution < -0.4 is 5.73 Å². The average Bonchev–Trinajstić information content (AvgIpc) is 2.84. The molecule has 19 heavy (non-hydrogen) atoms. The Hall–Kier alpha value is -0.450. The van der Waals surface area contributed by atoms with E-state index in [0.29, 0.717) is 0 Å². The van der Waals surface area contributed by atoms with Crippen LogP contribution in [0.2, 0.25) is 0 Å². The molecule has 1 fully saturated rings. The summed E-state index contributed by atoms with van der Waals surface area (Å²) in [7, 11) is 2.24. The largest absolute Gasteiger partial charge is 0.329 e. The molecule has 0 bridgehead atoms. The van der Waals surface area contributed by atoms with Gasteiger partial charge in [0.05, 0.1) is 11.2 Å². The van der Waals surface area contributed by atoms with Crippen LogP contribution >= 0.6 is 11.3 Å². The number of aromatic nitrogens is 1. The third-order valence-electron chi connectivity index (χ3n) is 4.92. The molecule has 1 aromatic heterocycles. The minimum absolute atomic E-state index is 0.204. The summed E-state index contributed by atoms with van der Waals surface area (Å²) >= 11 is 1.76. The third-order valence-corrected chi connectivity index (χ3v) is 5.84. The highest BCUT2D eigenvalue weighted by Gasteiger charge is 2.38. The smallest absolute Gasteiger partial charge is 0.0798 e. The van der Waals surface area contributed by atoms with Gasteiger partial charge in [0.2, 0.25) is 0 Å². The van der Waals surface area contributed by atoms with Crippen molar-refractivity contribution in [1.82, 2.24) is 9.88 Å². The van der Waals surface area contributed by atoms with Crippen molar-refractivity contribution in [3.8, 4) is 0 Å². The lowest BCUT2D eigenvalue weighted by atomic mass is 9.74. The Morgan fingerprint density at radius 2 is 2.37 bits per heavy atom. The van der Waals surface area contributed by atoms with Gasteiger partial charge in [0.25, 0.3) is 0 Å². The van der Waals surface area contributed by atoms with Gasteiger partial charge in [-0.1, -0.05) is 26.2 Å². The van der Waals surface area contributed by atoms with Crippen molar-refractivity contribution in [1.29, 1.82) is 0 Å². The Labute approximate surface area is 121 Å². The molecule has 3 nitrogen and oxygen atoms in total. The predicted molar refractivity (Wildman–Crippen MR) is 82.4 cm³/mol. The number of nitrogens with zero attached hydrogens (tertiary/aromatic N) is 2. The zero-order valence-corrected chi connectivity index (χ0v) is 13.3. The van der Waals surface area contributed by atoms with Gasteiger partial charge in [-0.2, -0.15) is 0 Å². The number of likely N-dealkylation sites (N-methyl/N-ethyl adjacent to an activating group) is 1. The topological polar surface area (TPSA) is 42.1 Å². The Morgan fingerprint density at radius 3 is 2.95 bits per heavy atom. The van der Waals surface area contributed by atoms with E-state index in [-0.39, 0.29) is 5.54 Å². The van der Waals surface area contributed by atoms with Crippen LogP contribution in [0.5, 0.6) is 0 Å². The van der Waals surface area contributed by atoms with Gasteiger partial charge in [0, 0.05) is 23.5 Å². The first-order chi connectivity index (χ1) is 9.11. The molecule has 108 valence electrons. The van der Waals surface area contributed by atoms with Crippen molar-refractivity contribution in [3.63, 3.8) is 0 Å². The maximum atomic E-state index is 6.17. The van der Waals surface area contributed by atoms with Gasteiger partial charge in [-0.15, -0.1) is 11.3 Å². The van der Waals surface area contributed by atoms with Gasteiger partial charge in [-0.25, -0.2) is 4.98 Å². The molecule has 0 aromatic carbocycles. The summed E-state index contributed by atoms with van der Waals surface area (Å²) in [6, 6.07) is 0. The van der Waals surface area contributed by atoms with Crippen molar-refractivity contribution < 1.29 is 0 Å². The normalized spacial score (nSPS) is 27.9.